The summed E-state index contributed by atoms with van der Waals surface area (Å²) in [5.41, 5.74) is 3.69. The zero-order chi connectivity index (χ0) is 17.9. The molecule has 0 aliphatic rings. The highest BCUT2D eigenvalue weighted by Gasteiger charge is 2.37. The van der Waals surface area contributed by atoms with Crippen LogP contribution in [0.25, 0.3) is 0 Å². The molecule has 2 radical (unpaired) electrons. The van der Waals surface area contributed by atoms with Crippen LogP contribution in [-0.2, 0) is 0 Å². The SMILES string of the molecule is Cc1ccccc1[P+]([B-]C#N)(c1ccccc1C)c1ccccc1C. The molecule has 3 rings (SSSR count). The summed E-state index contributed by atoms with van der Waals surface area (Å²) in [4.78, 5) is 0. The second-order valence-electron chi connectivity index (χ2n) is 6.34. The van der Waals surface area contributed by atoms with E-state index in [2.05, 4.69) is 99.5 Å². The van der Waals surface area contributed by atoms with Gasteiger partial charge >= 0.3 is 0 Å². The van der Waals surface area contributed by atoms with Gasteiger partial charge in [-0.15, -0.1) is 0 Å². The Morgan fingerprint density at radius 1 is 0.640 bits per heavy atom. The Morgan fingerprint density at radius 3 is 1.24 bits per heavy atom. The van der Waals surface area contributed by atoms with Gasteiger partial charge in [0.1, 0.15) is 0 Å². The van der Waals surface area contributed by atoms with Crippen LogP contribution >= 0.6 is 7.14 Å². The monoisotopic (exact) mass is 341 g/mol. The molecule has 0 bridgehead atoms. The second-order valence-corrected chi connectivity index (χ2v) is 9.49. The first-order valence-corrected chi connectivity index (χ1v) is 10.3. The Morgan fingerprint density at radius 2 is 0.960 bits per heavy atom. The average Bonchev–Trinajstić information content (AvgIpc) is 2.62. The van der Waals surface area contributed by atoms with Gasteiger partial charge < -0.3 is 0 Å². The van der Waals surface area contributed by atoms with Crippen LogP contribution < -0.4 is 15.9 Å². The molecule has 0 spiro atoms. The molecule has 0 aromatic heterocycles. The van der Waals surface area contributed by atoms with E-state index < -0.39 is 7.14 Å². The van der Waals surface area contributed by atoms with E-state index in [4.69, 9.17) is 0 Å². The van der Waals surface area contributed by atoms with Crippen molar-refractivity contribution >= 4 is 30.1 Å². The summed E-state index contributed by atoms with van der Waals surface area (Å²) in [6, 6.07) is 25.4. The molecule has 0 saturated carbocycles. The molecule has 0 aliphatic heterocycles. The van der Waals surface area contributed by atoms with Crippen LogP contribution in [0.5, 0.6) is 0 Å². The molecule has 25 heavy (non-hydrogen) atoms. The van der Waals surface area contributed by atoms with Crippen LogP contribution in [0.2, 0.25) is 0 Å². The van der Waals surface area contributed by atoms with E-state index in [0.29, 0.717) is 0 Å². The third-order valence-corrected chi connectivity index (χ3v) is 9.03. The van der Waals surface area contributed by atoms with Crippen LogP contribution in [0.3, 0.4) is 0 Å². The average molecular weight is 341 g/mol. The summed E-state index contributed by atoms with van der Waals surface area (Å²) in [6.07, 6.45) is 0. The second kappa shape index (κ2) is 7.26. The van der Waals surface area contributed by atoms with Gasteiger partial charge in [-0.25, -0.2) is 0 Å². The number of benzene rings is 3. The van der Waals surface area contributed by atoms with Crippen molar-refractivity contribution in [1.82, 2.24) is 0 Å². The Balaban J connectivity index is 2.47. The fourth-order valence-electron chi connectivity index (χ4n) is 3.56. The lowest BCUT2D eigenvalue weighted by Crippen LogP contribution is -2.38. The van der Waals surface area contributed by atoms with Gasteiger partial charge in [0.25, 0.3) is 0 Å². The van der Waals surface area contributed by atoms with Crippen molar-refractivity contribution in [1.29, 1.82) is 5.26 Å². The fourth-order valence-corrected chi connectivity index (χ4v) is 7.79. The topological polar surface area (TPSA) is 23.8 Å². The van der Waals surface area contributed by atoms with Gasteiger partial charge in [-0.2, -0.15) is 5.97 Å². The molecule has 122 valence electrons. The Kier molecular flexibility index (Phi) is 5.07. The first-order chi connectivity index (χ1) is 12.1. The lowest BCUT2D eigenvalue weighted by atomic mass is 10.2. The van der Waals surface area contributed by atoms with Crippen molar-refractivity contribution in [2.75, 3.05) is 0 Å². The normalized spacial score (nSPS) is 11.1. The smallest absolute Gasteiger partial charge is 0.0758 e. The van der Waals surface area contributed by atoms with Crippen LogP contribution in [0.15, 0.2) is 72.8 Å². The summed E-state index contributed by atoms with van der Waals surface area (Å²) in [5.74, 6) is 2.41. The van der Waals surface area contributed by atoms with Gasteiger partial charge in [-0.1, -0.05) is 61.7 Å². The van der Waals surface area contributed by atoms with Crippen molar-refractivity contribution in [2.45, 2.75) is 20.8 Å². The van der Waals surface area contributed by atoms with Gasteiger partial charge in [0.15, 0.2) is 0 Å². The molecule has 0 amide bonds. The van der Waals surface area contributed by atoms with Crippen molar-refractivity contribution in [2.24, 2.45) is 0 Å². The number of rotatable bonds is 4. The van der Waals surface area contributed by atoms with E-state index in [9.17, 15) is 5.26 Å². The summed E-state index contributed by atoms with van der Waals surface area (Å²) >= 11 is 0. The zero-order valence-electron chi connectivity index (χ0n) is 14.9. The molecule has 3 aromatic carbocycles. The highest BCUT2D eigenvalue weighted by molar-refractivity contribution is 8.17. The van der Waals surface area contributed by atoms with Crippen LogP contribution in [0.4, 0.5) is 0 Å². The number of hydrogen-bond donors (Lipinski definition) is 0. The third-order valence-electron chi connectivity index (χ3n) is 4.74. The van der Waals surface area contributed by atoms with Gasteiger partial charge in [-0.05, 0) is 55.7 Å². The third kappa shape index (κ3) is 3.01. The molecule has 0 saturated heterocycles. The Bertz CT molecular complexity index is 832. The first kappa shape index (κ1) is 17.5. The van der Waals surface area contributed by atoms with Crippen LogP contribution in [0.1, 0.15) is 16.7 Å². The number of nitriles is 1. The highest BCUT2D eigenvalue weighted by atomic mass is 31.2. The number of aryl methyl sites for hydroxylation is 3. The molecule has 0 aliphatic carbocycles. The molecule has 0 atom stereocenters. The van der Waals surface area contributed by atoms with Crippen molar-refractivity contribution in [3.05, 3.63) is 89.5 Å². The quantitative estimate of drug-likeness (QED) is 0.520. The van der Waals surface area contributed by atoms with Gasteiger partial charge in [0.05, 0.1) is 22.9 Å². The van der Waals surface area contributed by atoms with Crippen molar-refractivity contribution < 1.29 is 0 Å². The number of hydrogen-bond acceptors (Lipinski definition) is 1. The first-order valence-electron chi connectivity index (χ1n) is 8.42. The minimum Gasteiger partial charge on any atom is -0.252 e. The molecule has 1 nitrogen and oxygen atoms in total. The maximum Gasteiger partial charge on any atom is 0.0758 e. The van der Waals surface area contributed by atoms with E-state index in [0.717, 1.165) is 0 Å². The van der Waals surface area contributed by atoms with E-state index in [1.54, 1.807) is 0 Å². The molecular formula is C22H21BNP. The van der Waals surface area contributed by atoms with Gasteiger partial charge in [-0.3, -0.25) is 5.26 Å². The zero-order valence-corrected chi connectivity index (χ0v) is 15.8. The van der Waals surface area contributed by atoms with E-state index in [1.165, 1.54) is 32.6 Å². The molecular weight excluding hydrogens is 320 g/mol. The highest BCUT2D eigenvalue weighted by Crippen LogP contribution is 2.55. The molecule has 0 unspecified atom stereocenters. The lowest BCUT2D eigenvalue weighted by molar-refractivity contribution is 1.49. The van der Waals surface area contributed by atoms with E-state index >= 15 is 0 Å². The lowest BCUT2D eigenvalue weighted by Gasteiger charge is -2.38. The summed E-state index contributed by atoms with van der Waals surface area (Å²) in [5, 5.41) is 13.6. The number of nitrogens with zero attached hydrogens (tertiary/aromatic N) is 1. The van der Waals surface area contributed by atoms with E-state index in [-0.39, 0.29) is 0 Å². The van der Waals surface area contributed by atoms with Crippen molar-refractivity contribution in [3.8, 4) is 5.97 Å². The standard InChI is InChI=1S/C22H21BNP/c1-17-10-4-7-13-20(17)25(23-16-24,21-14-8-5-11-18(21)2)22-15-9-6-12-19(22)3/h4-15H,1-3H3. The Hall–Kier alpha value is -2.36. The molecule has 0 N–H and O–H groups in total. The van der Waals surface area contributed by atoms with Crippen LogP contribution in [-0.4, -0.2) is 7.00 Å². The Labute approximate surface area is 151 Å². The maximum atomic E-state index is 9.78. The predicted molar refractivity (Wildman–Crippen MR) is 111 cm³/mol. The van der Waals surface area contributed by atoms with Gasteiger partial charge in [0, 0.05) is 0 Å². The minimum absolute atomic E-state index is 1.23. The summed E-state index contributed by atoms with van der Waals surface area (Å²) in [6.45, 7) is 8.34. The molecule has 0 heterocycles. The summed E-state index contributed by atoms with van der Waals surface area (Å²) < 4.78 is 0. The predicted octanol–water partition coefficient (Wildman–Crippen LogP) is 4.01. The molecule has 3 aromatic rings. The van der Waals surface area contributed by atoms with Crippen molar-refractivity contribution in [3.63, 3.8) is 0 Å². The fraction of sp³-hybridized carbons (Fsp3) is 0.136. The molecule has 3 heteroatoms. The molecule has 0 fully saturated rings. The van der Waals surface area contributed by atoms with Gasteiger partial charge in [0.2, 0.25) is 0 Å². The van der Waals surface area contributed by atoms with E-state index in [1.807, 2.05) is 7.00 Å². The minimum atomic E-state index is -2.15. The van der Waals surface area contributed by atoms with Crippen LogP contribution in [0, 0.1) is 32.0 Å². The largest absolute Gasteiger partial charge is 0.252 e. The summed E-state index contributed by atoms with van der Waals surface area (Å²) in [7, 11) is -2.15. The maximum absolute atomic E-state index is 9.78.